The first-order valence-electron chi connectivity index (χ1n) is 10.2. The Kier molecular flexibility index (Phi) is 20.6. The summed E-state index contributed by atoms with van der Waals surface area (Å²) in [4.78, 5) is 4.91. The minimum Gasteiger partial charge on any atom is -0.348 e. The molecule has 0 atom stereocenters. The lowest BCUT2D eigenvalue weighted by molar-refractivity contribution is 0.223. The molecule has 1 aliphatic rings. The third kappa shape index (κ3) is 17.5. The van der Waals surface area contributed by atoms with Crippen molar-refractivity contribution in [1.29, 1.82) is 0 Å². The number of nitrogens with zero attached hydrogens (tertiary/aromatic N) is 2. The molecule has 0 aromatic carbocycles. The van der Waals surface area contributed by atoms with Gasteiger partial charge in [-0.15, -0.1) is 0 Å². The van der Waals surface area contributed by atoms with Gasteiger partial charge in [0.2, 0.25) is 0 Å². The van der Waals surface area contributed by atoms with Crippen molar-refractivity contribution in [2.75, 3.05) is 33.2 Å². The molecule has 0 N–H and O–H groups in total. The molecule has 0 amide bonds. The van der Waals surface area contributed by atoms with Gasteiger partial charge in [0, 0.05) is 155 Å². The second-order valence-corrected chi connectivity index (χ2v) is 6.74. The van der Waals surface area contributed by atoms with E-state index in [1.165, 1.54) is 7.06 Å². The van der Waals surface area contributed by atoms with Crippen molar-refractivity contribution in [3.8, 4) is 0 Å². The summed E-state index contributed by atoms with van der Waals surface area (Å²) >= 11 is 0. The Hall–Kier alpha value is 1.28. The molecule has 23 heteroatoms. The summed E-state index contributed by atoms with van der Waals surface area (Å²) in [6.07, 6.45) is 0. The van der Waals surface area contributed by atoms with E-state index in [0.29, 0.717) is 6.74 Å². The van der Waals surface area contributed by atoms with E-state index in [1.807, 2.05) is 91.8 Å². The summed E-state index contributed by atoms with van der Waals surface area (Å²) in [5.41, 5.74) is 0. The first kappa shape index (κ1) is 28.3. The number of hydrogen-bond donors (Lipinski definition) is 0. The Morgan fingerprint density at radius 3 is 1.28 bits per heavy atom. The molecular formula is C6H14B21N2. The van der Waals surface area contributed by atoms with Crippen molar-refractivity contribution >= 4 is 149 Å². The Morgan fingerprint density at radius 1 is 0.552 bits per heavy atom. The molecular weight excluding hydrogens is 327 g/mol. The summed E-state index contributed by atoms with van der Waals surface area (Å²) in [7, 11) is 45.0. The van der Waals surface area contributed by atoms with E-state index in [0.717, 1.165) is 26.2 Å². The summed E-state index contributed by atoms with van der Waals surface area (Å²) in [6, 6.07) is 0. The fourth-order valence-electron chi connectivity index (χ4n) is 2.60. The average molecular weight is 341 g/mol. The maximum absolute atomic E-state index is 5.23. The summed E-state index contributed by atoms with van der Waals surface area (Å²) < 4.78 is 0. The lowest BCUT2D eigenvalue weighted by Crippen LogP contribution is -2.54. The second kappa shape index (κ2) is 21.1. The molecule has 2 nitrogen and oxygen atoms in total. The number of rotatable bonds is 20. The van der Waals surface area contributed by atoms with Gasteiger partial charge in [-0.1, -0.05) is 6.82 Å². The molecule has 1 aliphatic heterocycles. The van der Waals surface area contributed by atoms with Crippen molar-refractivity contribution in [3.63, 3.8) is 0 Å². The van der Waals surface area contributed by atoms with E-state index >= 15 is 0 Å². The molecule has 111 valence electrons. The van der Waals surface area contributed by atoms with E-state index in [4.69, 9.17) is 7.74 Å². The highest BCUT2D eigenvalue weighted by atomic mass is 15.2. The Labute approximate surface area is 197 Å². The van der Waals surface area contributed by atoms with Gasteiger partial charge in [0.25, 0.3) is 0 Å². The van der Waals surface area contributed by atoms with Crippen LogP contribution in [0.25, 0.3) is 0 Å². The van der Waals surface area contributed by atoms with Gasteiger partial charge < -0.3 is 9.71 Å². The average Bonchev–Trinajstić information content (AvgIpc) is 2.73. The van der Waals surface area contributed by atoms with Crippen molar-refractivity contribution in [2.45, 2.75) is 6.82 Å². The predicted octanol–water partition coefficient (Wildman–Crippen LogP) is -7.71. The van der Waals surface area contributed by atoms with Crippen LogP contribution in [0.2, 0.25) is 6.82 Å². The molecule has 29 heavy (non-hydrogen) atoms. The highest BCUT2D eigenvalue weighted by molar-refractivity contribution is 7.75. The molecule has 0 aliphatic carbocycles. The van der Waals surface area contributed by atoms with Gasteiger partial charge in [0.15, 0.2) is 6.74 Å². The minimum absolute atomic E-state index is 0.493. The quantitative estimate of drug-likeness (QED) is 0.160. The molecule has 0 aromatic heterocycles. The zero-order chi connectivity index (χ0) is 21.0. The van der Waals surface area contributed by atoms with Crippen molar-refractivity contribution in [1.82, 2.24) is 9.71 Å². The van der Waals surface area contributed by atoms with Crippen LogP contribution < -0.4 is 0 Å². The Morgan fingerprint density at radius 2 is 0.897 bits per heavy atom. The zero-order valence-electron chi connectivity index (χ0n) is 17.8. The molecule has 0 aromatic rings. The molecule has 21 radical (unpaired) electrons. The van der Waals surface area contributed by atoms with Crippen LogP contribution in [0.4, 0.5) is 0 Å². The highest BCUT2D eigenvalue weighted by Gasteiger charge is 2.20. The van der Waals surface area contributed by atoms with Crippen LogP contribution in [0.3, 0.4) is 0 Å². The van der Waals surface area contributed by atoms with E-state index in [2.05, 4.69) is 51.8 Å². The minimum atomic E-state index is 0.493. The van der Waals surface area contributed by atoms with Gasteiger partial charge in [-0.2, -0.15) is 0 Å². The van der Waals surface area contributed by atoms with Gasteiger partial charge in [-0.25, -0.2) is 0 Å². The molecule has 0 spiro atoms. The topological polar surface area (TPSA) is 6.48 Å². The molecule has 1 heterocycles. The van der Waals surface area contributed by atoms with Crippen LogP contribution in [0, 0.1) is 0 Å². The molecule has 0 saturated carbocycles. The largest absolute Gasteiger partial charge is 0.348 e. The third-order valence-electron chi connectivity index (χ3n) is 4.39. The van der Waals surface area contributed by atoms with E-state index in [9.17, 15) is 0 Å². The summed E-state index contributed by atoms with van der Waals surface area (Å²) in [6.45, 7) is 7.38. The maximum Gasteiger partial charge on any atom is 0.166 e. The van der Waals surface area contributed by atoms with Gasteiger partial charge in [0.1, 0.15) is 0 Å². The van der Waals surface area contributed by atoms with Gasteiger partial charge in [-0.05, 0) is 20.1 Å². The lowest BCUT2D eigenvalue weighted by atomic mass is 8.83. The second-order valence-electron chi connectivity index (χ2n) is 6.74. The fourth-order valence-corrected chi connectivity index (χ4v) is 2.60. The fraction of sp³-hybridized carbons (Fsp3) is 1.00. The molecule has 1 saturated heterocycles. The Bertz CT molecular complexity index is 343. The van der Waals surface area contributed by atoms with Crippen LogP contribution in [0.1, 0.15) is 0 Å². The van der Waals surface area contributed by atoms with Gasteiger partial charge >= 0.3 is 0 Å². The lowest BCUT2D eigenvalue weighted by Gasteiger charge is -2.35. The summed E-state index contributed by atoms with van der Waals surface area (Å²) in [5, 5.41) is 0. The predicted molar refractivity (Wildman–Crippen MR) is 156 cm³/mol. The number of hydrogen-bond acceptors (Lipinski definition) is 2. The van der Waals surface area contributed by atoms with Crippen LogP contribution in [0.15, 0.2) is 0 Å². The van der Waals surface area contributed by atoms with Crippen LogP contribution in [-0.2, 0) is 0 Å². The van der Waals surface area contributed by atoms with Crippen LogP contribution >= 0.6 is 0 Å². The Balaban J connectivity index is 1.72. The van der Waals surface area contributed by atoms with E-state index in [-0.39, 0.29) is 0 Å². The third-order valence-corrected chi connectivity index (χ3v) is 4.39. The molecule has 1 rings (SSSR count). The molecule has 0 bridgehead atoms. The zero-order valence-corrected chi connectivity index (χ0v) is 17.8. The van der Waals surface area contributed by atoms with Crippen molar-refractivity contribution in [3.05, 3.63) is 0 Å². The summed E-state index contributed by atoms with van der Waals surface area (Å²) in [5.74, 6) is 0. The number of likely N-dealkylation sites (N-methyl/N-ethyl adjacent to an activating group) is 1. The monoisotopic (exact) mass is 345 g/mol. The van der Waals surface area contributed by atoms with Crippen LogP contribution in [-0.4, -0.2) is 192 Å². The molecule has 0 unspecified atom stereocenters. The molecule has 1 fully saturated rings. The first-order valence-corrected chi connectivity index (χ1v) is 10.2. The maximum atomic E-state index is 5.23. The first-order chi connectivity index (χ1) is 14.2. The normalized spacial score (nSPS) is 13.2. The van der Waals surface area contributed by atoms with Crippen LogP contribution in [0.5, 0.6) is 0 Å². The van der Waals surface area contributed by atoms with E-state index < -0.39 is 0 Å². The smallest absolute Gasteiger partial charge is 0.166 e. The highest BCUT2D eigenvalue weighted by Crippen LogP contribution is 2.00. The van der Waals surface area contributed by atoms with E-state index in [1.54, 1.807) is 7.06 Å². The van der Waals surface area contributed by atoms with Crippen molar-refractivity contribution in [2.24, 2.45) is 0 Å². The van der Waals surface area contributed by atoms with Gasteiger partial charge in [-0.3, -0.25) is 0 Å². The SMILES string of the molecule is [B][B][B][B][B][B][B][B][B][B][B][B][B][B][B][B][B][B][B][B]B(C)N1CCN(C)CC1. The van der Waals surface area contributed by atoms with Crippen molar-refractivity contribution < 1.29 is 0 Å². The number of piperazine rings is 1. The standard InChI is InChI=1S/C6H14B21N2/c1-27(29-5-3-28(2)4-6-29)26-25-24-23-22-21-20-19-18-17-16-15-14-13-12-11-10-9-8-7/h3-6H2,1-2H3. The van der Waals surface area contributed by atoms with Gasteiger partial charge in [0.05, 0.1) is 0 Å².